The number of carbonyl (C=O) groups is 1. The lowest BCUT2D eigenvalue weighted by molar-refractivity contribution is -0.131. The van der Waals surface area contributed by atoms with Gasteiger partial charge in [0.1, 0.15) is 12.2 Å². The number of halogens is 4. The van der Waals surface area contributed by atoms with E-state index in [-0.39, 0.29) is 0 Å². The Kier molecular flexibility index (Phi) is 2.14. The summed E-state index contributed by atoms with van der Waals surface area (Å²) in [5, 5.41) is 0. The number of rotatable bonds is 0. The third kappa shape index (κ3) is 1.24. The van der Waals surface area contributed by atoms with Crippen molar-refractivity contribution in [2.75, 3.05) is 0 Å². The van der Waals surface area contributed by atoms with E-state index in [9.17, 15) is 4.79 Å². The second kappa shape index (κ2) is 2.77. The van der Waals surface area contributed by atoms with Gasteiger partial charge in [-0.2, -0.15) is 0 Å². The number of carbonyl (C=O) groups excluding carboxylic acids is 1. The first-order valence-electron chi connectivity index (χ1n) is 3.51. The molecule has 2 nitrogen and oxygen atoms in total. The number of ketones is 1. The van der Waals surface area contributed by atoms with Crippen molar-refractivity contribution in [2.24, 2.45) is 0 Å². The summed E-state index contributed by atoms with van der Waals surface area (Å²) < 4.78 is 1.86. The van der Waals surface area contributed by atoms with Crippen LogP contribution in [0.25, 0.3) is 0 Å². The maximum atomic E-state index is 11.6. The fraction of sp³-hybridized carbons (Fsp3) is 0.571. The zero-order valence-electron chi connectivity index (χ0n) is 6.14. The van der Waals surface area contributed by atoms with Gasteiger partial charge in [0.2, 0.25) is 14.4 Å². The van der Waals surface area contributed by atoms with Gasteiger partial charge in [-0.15, -0.1) is 0 Å². The molecule has 13 heavy (non-hydrogen) atoms. The predicted molar refractivity (Wildman–Crippen MR) is 51.7 cm³/mol. The Labute approximate surface area is 94.7 Å². The van der Waals surface area contributed by atoms with Crippen LogP contribution in [0, 0.1) is 0 Å². The van der Waals surface area contributed by atoms with Crippen LogP contribution in [-0.2, 0) is 9.53 Å². The quantitative estimate of drug-likeness (QED) is 0.494. The first kappa shape index (κ1) is 10.1. The third-order valence-corrected chi connectivity index (χ3v) is 3.62. The molecule has 1 saturated heterocycles. The van der Waals surface area contributed by atoms with Crippen molar-refractivity contribution < 1.29 is 9.53 Å². The minimum Gasteiger partial charge on any atom is -0.360 e. The molecule has 0 aromatic carbocycles. The van der Waals surface area contributed by atoms with Crippen LogP contribution in [0.1, 0.15) is 0 Å². The van der Waals surface area contributed by atoms with Gasteiger partial charge in [0.15, 0.2) is 0 Å². The summed E-state index contributed by atoms with van der Waals surface area (Å²) in [5.41, 5.74) is 0. The van der Waals surface area contributed by atoms with Crippen molar-refractivity contribution >= 4 is 52.2 Å². The maximum absolute atomic E-state index is 11.6. The van der Waals surface area contributed by atoms with E-state index in [1.54, 1.807) is 12.2 Å². The van der Waals surface area contributed by atoms with Crippen LogP contribution in [0.5, 0.6) is 0 Å². The van der Waals surface area contributed by atoms with E-state index in [1.807, 2.05) is 0 Å². The molecule has 0 amide bonds. The number of alkyl halides is 4. The van der Waals surface area contributed by atoms with Gasteiger partial charge >= 0.3 is 0 Å². The molecular weight excluding hydrogens is 258 g/mol. The van der Waals surface area contributed by atoms with Gasteiger partial charge in [-0.1, -0.05) is 58.6 Å². The molecule has 72 valence electrons. The molecule has 0 aliphatic carbocycles. The van der Waals surface area contributed by atoms with Crippen molar-refractivity contribution in [1.82, 2.24) is 0 Å². The lowest BCUT2D eigenvalue weighted by Gasteiger charge is -2.37. The molecule has 2 bridgehead atoms. The topological polar surface area (TPSA) is 26.3 Å². The molecule has 1 fully saturated rings. The Morgan fingerprint density at radius 3 is 1.85 bits per heavy atom. The van der Waals surface area contributed by atoms with E-state index in [1.165, 1.54) is 0 Å². The van der Waals surface area contributed by atoms with E-state index in [4.69, 9.17) is 51.1 Å². The van der Waals surface area contributed by atoms with Gasteiger partial charge < -0.3 is 4.74 Å². The molecule has 0 radical (unpaired) electrons. The van der Waals surface area contributed by atoms with E-state index in [0.29, 0.717) is 0 Å². The first-order valence-corrected chi connectivity index (χ1v) is 5.02. The van der Waals surface area contributed by atoms with Crippen molar-refractivity contribution in [3.05, 3.63) is 12.2 Å². The molecule has 2 rings (SSSR count). The summed E-state index contributed by atoms with van der Waals surface area (Å²) in [6.07, 6.45) is 1.88. The van der Waals surface area contributed by atoms with E-state index in [0.717, 1.165) is 0 Å². The van der Waals surface area contributed by atoms with Crippen LogP contribution in [0.15, 0.2) is 12.2 Å². The second-order valence-electron chi connectivity index (χ2n) is 2.94. The molecule has 2 atom stereocenters. The first-order chi connectivity index (χ1) is 5.87. The third-order valence-electron chi connectivity index (χ3n) is 2.07. The molecule has 6 heteroatoms. The summed E-state index contributed by atoms with van der Waals surface area (Å²) in [5.74, 6) is -0.627. The SMILES string of the molecule is O=C1C(Cl)(Cl)C2C=CC(O2)C1(Cl)Cl. The van der Waals surface area contributed by atoms with Crippen LogP contribution < -0.4 is 0 Å². The van der Waals surface area contributed by atoms with E-state index in [2.05, 4.69) is 0 Å². The summed E-state index contributed by atoms with van der Waals surface area (Å²) in [6, 6.07) is 0. The molecule has 2 unspecified atom stereocenters. The Morgan fingerprint density at radius 1 is 1.08 bits per heavy atom. The number of fused-ring (bicyclic) bond motifs is 2. The van der Waals surface area contributed by atoms with Crippen molar-refractivity contribution in [1.29, 1.82) is 0 Å². The highest BCUT2D eigenvalue weighted by molar-refractivity contribution is 6.69. The zero-order valence-corrected chi connectivity index (χ0v) is 9.16. The summed E-state index contributed by atoms with van der Waals surface area (Å²) in [7, 11) is 0. The second-order valence-corrected chi connectivity index (χ2v) is 5.71. The van der Waals surface area contributed by atoms with Crippen LogP contribution >= 0.6 is 46.4 Å². The Morgan fingerprint density at radius 2 is 1.46 bits per heavy atom. The fourth-order valence-corrected chi connectivity index (χ4v) is 2.63. The molecular formula is C7H4Cl4O2. The minimum absolute atomic E-state index is 0.627. The summed E-state index contributed by atoms with van der Waals surface area (Å²) >= 11 is 23.1. The molecule has 0 saturated carbocycles. The van der Waals surface area contributed by atoms with Crippen molar-refractivity contribution in [3.8, 4) is 0 Å². The molecule has 0 N–H and O–H groups in total. The number of Topliss-reactive ketones (excluding diaryl/α,β-unsaturated/α-hetero) is 1. The molecule has 0 aromatic rings. The molecule has 0 aromatic heterocycles. The highest BCUT2D eigenvalue weighted by Crippen LogP contribution is 2.49. The van der Waals surface area contributed by atoms with Gasteiger partial charge in [-0.3, -0.25) is 4.79 Å². The smallest absolute Gasteiger partial charge is 0.210 e. The van der Waals surface area contributed by atoms with Crippen molar-refractivity contribution in [3.63, 3.8) is 0 Å². The monoisotopic (exact) mass is 260 g/mol. The van der Waals surface area contributed by atoms with Crippen LogP contribution in [0.4, 0.5) is 0 Å². The van der Waals surface area contributed by atoms with E-state index < -0.39 is 26.7 Å². The number of hydrogen-bond acceptors (Lipinski definition) is 2. The van der Waals surface area contributed by atoms with Crippen LogP contribution in [0.3, 0.4) is 0 Å². The summed E-state index contributed by atoms with van der Waals surface area (Å²) in [6.45, 7) is 0. The van der Waals surface area contributed by atoms with Crippen LogP contribution in [0.2, 0.25) is 0 Å². The van der Waals surface area contributed by atoms with Gasteiger partial charge in [0, 0.05) is 0 Å². The Balaban J connectivity index is 2.47. The van der Waals surface area contributed by atoms with Gasteiger partial charge in [0.25, 0.3) is 0 Å². The Hall–Kier alpha value is 0.530. The molecule has 2 aliphatic rings. The predicted octanol–water partition coefficient (Wildman–Crippen LogP) is 2.24. The maximum Gasteiger partial charge on any atom is 0.210 e. The van der Waals surface area contributed by atoms with Crippen LogP contribution in [-0.4, -0.2) is 26.7 Å². The average molecular weight is 262 g/mol. The normalized spacial score (nSPS) is 39.5. The minimum atomic E-state index is -1.69. The lowest BCUT2D eigenvalue weighted by Crippen LogP contribution is -2.57. The average Bonchev–Trinajstić information content (AvgIpc) is 2.48. The standard InChI is InChI=1S/C7H4Cl4O2/c8-6(9)3-1-2-4(13-3)7(10,11)5(6)12/h1-4H. The van der Waals surface area contributed by atoms with Gasteiger partial charge in [-0.25, -0.2) is 0 Å². The highest BCUT2D eigenvalue weighted by atomic mass is 35.5. The Bertz CT molecular complexity index is 271. The fourth-order valence-electron chi connectivity index (χ4n) is 1.34. The molecule has 0 spiro atoms. The number of ether oxygens (including phenoxy) is 1. The number of hydrogen-bond donors (Lipinski definition) is 0. The molecule has 2 heterocycles. The highest BCUT2D eigenvalue weighted by Gasteiger charge is 2.62. The largest absolute Gasteiger partial charge is 0.360 e. The summed E-state index contributed by atoms with van der Waals surface area (Å²) in [4.78, 5) is 11.6. The van der Waals surface area contributed by atoms with E-state index >= 15 is 0 Å². The lowest BCUT2D eigenvalue weighted by atomic mass is 10.1. The van der Waals surface area contributed by atoms with Gasteiger partial charge in [0.05, 0.1) is 0 Å². The van der Waals surface area contributed by atoms with Gasteiger partial charge in [-0.05, 0) is 0 Å². The van der Waals surface area contributed by atoms with Crippen molar-refractivity contribution in [2.45, 2.75) is 20.9 Å². The molecule has 2 aliphatic heterocycles. The zero-order chi connectivity index (χ0) is 9.85.